The second-order valence-corrected chi connectivity index (χ2v) is 5.07. The summed E-state index contributed by atoms with van der Waals surface area (Å²) in [5.41, 5.74) is 2.83. The van der Waals surface area contributed by atoms with E-state index in [1.165, 1.54) is 12.1 Å². The van der Waals surface area contributed by atoms with Gasteiger partial charge >= 0.3 is 0 Å². The van der Waals surface area contributed by atoms with Gasteiger partial charge in [0.05, 0.1) is 0 Å². The number of carbonyl (C=O) groups excluding carboxylic acids is 1. The maximum absolute atomic E-state index is 13.2. The fourth-order valence-corrected chi connectivity index (χ4v) is 2.19. The number of ketones is 1. The highest BCUT2D eigenvalue weighted by molar-refractivity contribution is 6.31. The van der Waals surface area contributed by atoms with E-state index in [4.69, 9.17) is 11.6 Å². The van der Waals surface area contributed by atoms with Crippen molar-refractivity contribution < 1.29 is 9.18 Å². The third-order valence-corrected chi connectivity index (χ3v) is 3.39. The van der Waals surface area contributed by atoms with Crippen LogP contribution in [-0.4, -0.2) is 5.78 Å². The number of benzene rings is 2. The summed E-state index contributed by atoms with van der Waals surface area (Å²) in [4.78, 5) is 12.1. The molecule has 0 radical (unpaired) electrons. The van der Waals surface area contributed by atoms with Gasteiger partial charge in [-0.2, -0.15) is 0 Å². The lowest BCUT2D eigenvalue weighted by molar-refractivity contribution is 0.0993. The van der Waals surface area contributed by atoms with Crippen LogP contribution in [0.2, 0.25) is 5.02 Å². The van der Waals surface area contributed by atoms with Gasteiger partial charge in [0.25, 0.3) is 0 Å². The summed E-state index contributed by atoms with van der Waals surface area (Å²) in [5, 5.41) is 0.590. The van der Waals surface area contributed by atoms with Crippen molar-refractivity contribution in [1.82, 2.24) is 0 Å². The minimum atomic E-state index is -0.301. The van der Waals surface area contributed by atoms with Gasteiger partial charge in [-0.05, 0) is 54.8 Å². The molecule has 0 bridgehead atoms. The molecule has 2 aromatic rings. The smallest absolute Gasteiger partial charge is 0.167 e. The Morgan fingerprint density at radius 1 is 1.16 bits per heavy atom. The Hall–Kier alpha value is -1.67. The van der Waals surface area contributed by atoms with Crippen LogP contribution in [0.25, 0.3) is 0 Å². The number of hydrogen-bond acceptors (Lipinski definition) is 1. The van der Waals surface area contributed by atoms with Crippen LogP contribution in [0.15, 0.2) is 36.4 Å². The molecule has 2 rings (SSSR count). The lowest BCUT2D eigenvalue weighted by Gasteiger charge is -2.06. The quantitative estimate of drug-likeness (QED) is 0.753. The monoisotopic (exact) mass is 276 g/mol. The van der Waals surface area contributed by atoms with Gasteiger partial charge in [0, 0.05) is 17.0 Å². The molecule has 0 heterocycles. The third kappa shape index (κ3) is 3.21. The Morgan fingerprint density at radius 2 is 1.89 bits per heavy atom. The van der Waals surface area contributed by atoms with Crippen molar-refractivity contribution in [2.75, 3.05) is 0 Å². The molecule has 0 aliphatic heterocycles. The number of rotatable bonds is 3. The zero-order valence-corrected chi connectivity index (χ0v) is 11.6. The number of carbonyl (C=O) groups is 1. The van der Waals surface area contributed by atoms with E-state index in [0.717, 1.165) is 11.1 Å². The summed E-state index contributed by atoms with van der Waals surface area (Å²) in [6.07, 6.45) is 0.226. The minimum absolute atomic E-state index is 0.0612. The van der Waals surface area contributed by atoms with Gasteiger partial charge in [-0.15, -0.1) is 0 Å². The lowest BCUT2D eigenvalue weighted by atomic mass is 10.0. The summed E-state index contributed by atoms with van der Waals surface area (Å²) < 4.78 is 13.2. The highest BCUT2D eigenvalue weighted by Crippen LogP contribution is 2.20. The van der Waals surface area contributed by atoms with Crippen molar-refractivity contribution in [1.29, 1.82) is 0 Å². The van der Waals surface area contributed by atoms with Gasteiger partial charge in [-0.1, -0.05) is 23.7 Å². The molecule has 0 aromatic heterocycles. The molecular weight excluding hydrogens is 263 g/mol. The Kier molecular flexibility index (Phi) is 4.01. The average Bonchev–Trinajstić information content (AvgIpc) is 2.36. The molecule has 19 heavy (non-hydrogen) atoms. The van der Waals surface area contributed by atoms with Crippen LogP contribution < -0.4 is 0 Å². The molecule has 1 nitrogen and oxygen atoms in total. The molecule has 0 amide bonds. The number of Topliss-reactive ketones (excluding diaryl/α,β-unsaturated/α-hetero) is 1. The maximum Gasteiger partial charge on any atom is 0.167 e. The minimum Gasteiger partial charge on any atom is -0.294 e. The van der Waals surface area contributed by atoms with Crippen molar-refractivity contribution in [3.8, 4) is 0 Å². The van der Waals surface area contributed by atoms with Crippen molar-refractivity contribution in [2.45, 2.75) is 20.3 Å². The lowest BCUT2D eigenvalue weighted by Crippen LogP contribution is -2.05. The fourth-order valence-electron chi connectivity index (χ4n) is 1.89. The summed E-state index contributed by atoms with van der Waals surface area (Å²) in [7, 11) is 0. The predicted octanol–water partition coefficient (Wildman–Crippen LogP) is 4.52. The van der Waals surface area contributed by atoms with E-state index in [0.29, 0.717) is 16.1 Å². The Labute approximate surface area is 117 Å². The zero-order chi connectivity index (χ0) is 14.0. The van der Waals surface area contributed by atoms with Crippen LogP contribution in [0.3, 0.4) is 0 Å². The van der Waals surface area contributed by atoms with Crippen molar-refractivity contribution >= 4 is 17.4 Å². The first-order chi connectivity index (χ1) is 8.97. The van der Waals surface area contributed by atoms with Gasteiger partial charge in [0.2, 0.25) is 0 Å². The molecule has 0 aliphatic rings. The molecule has 0 saturated heterocycles. The highest BCUT2D eigenvalue weighted by Gasteiger charge is 2.11. The van der Waals surface area contributed by atoms with Crippen LogP contribution >= 0.6 is 11.6 Å². The molecule has 3 heteroatoms. The van der Waals surface area contributed by atoms with Gasteiger partial charge in [-0.25, -0.2) is 4.39 Å². The third-order valence-electron chi connectivity index (χ3n) is 3.04. The second kappa shape index (κ2) is 5.54. The average molecular weight is 277 g/mol. The van der Waals surface area contributed by atoms with E-state index in [-0.39, 0.29) is 18.0 Å². The fraction of sp³-hybridized carbons (Fsp3) is 0.188. The maximum atomic E-state index is 13.2. The molecular formula is C16H14ClFO. The number of aryl methyl sites for hydroxylation is 2. The van der Waals surface area contributed by atoms with Gasteiger partial charge in [-0.3, -0.25) is 4.79 Å². The van der Waals surface area contributed by atoms with Gasteiger partial charge in [0.1, 0.15) is 5.82 Å². The van der Waals surface area contributed by atoms with Crippen LogP contribution in [0.1, 0.15) is 27.0 Å². The van der Waals surface area contributed by atoms with Crippen LogP contribution in [-0.2, 0) is 6.42 Å². The SMILES string of the molecule is Cc1ccc(CC(=O)c2ccc(F)c(C)c2)c(Cl)c1. The van der Waals surface area contributed by atoms with Crippen LogP contribution in [0.4, 0.5) is 4.39 Å². The largest absolute Gasteiger partial charge is 0.294 e. The van der Waals surface area contributed by atoms with Gasteiger partial charge in [0.15, 0.2) is 5.78 Å². The van der Waals surface area contributed by atoms with Crippen LogP contribution in [0.5, 0.6) is 0 Å². The standard InChI is InChI=1S/C16H14ClFO/c1-10-3-4-12(14(17)7-10)9-16(19)13-5-6-15(18)11(2)8-13/h3-8H,9H2,1-2H3. The molecule has 98 valence electrons. The van der Waals surface area contributed by atoms with Crippen LogP contribution in [0, 0.1) is 19.7 Å². The molecule has 2 aromatic carbocycles. The molecule has 0 fully saturated rings. The summed E-state index contributed by atoms with van der Waals surface area (Å²) >= 11 is 6.11. The Balaban J connectivity index is 2.23. The Bertz CT molecular complexity index is 635. The Morgan fingerprint density at radius 3 is 2.53 bits per heavy atom. The van der Waals surface area contributed by atoms with Crippen molar-refractivity contribution in [3.63, 3.8) is 0 Å². The van der Waals surface area contributed by atoms with E-state index in [1.807, 2.05) is 25.1 Å². The predicted molar refractivity (Wildman–Crippen MR) is 75.4 cm³/mol. The highest BCUT2D eigenvalue weighted by atomic mass is 35.5. The van der Waals surface area contributed by atoms with Crippen molar-refractivity contribution in [3.05, 3.63) is 69.5 Å². The first-order valence-corrected chi connectivity index (χ1v) is 6.39. The summed E-state index contributed by atoms with van der Waals surface area (Å²) in [6.45, 7) is 3.59. The van der Waals surface area contributed by atoms with E-state index < -0.39 is 0 Å². The molecule has 0 saturated carbocycles. The molecule has 0 aliphatic carbocycles. The topological polar surface area (TPSA) is 17.1 Å². The molecule has 0 atom stereocenters. The zero-order valence-electron chi connectivity index (χ0n) is 10.8. The van der Waals surface area contributed by atoms with E-state index in [9.17, 15) is 9.18 Å². The molecule has 0 N–H and O–H groups in total. The number of halogens is 2. The van der Waals surface area contributed by atoms with E-state index >= 15 is 0 Å². The van der Waals surface area contributed by atoms with E-state index in [1.54, 1.807) is 13.0 Å². The van der Waals surface area contributed by atoms with Gasteiger partial charge < -0.3 is 0 Å². The molecule has 0 unspecified atom stereocenters. The van der Waals surface area contributed by atoms with Crippen molar-refractivity contribution in [2.24, 2.45) is 0 Å². The second-order valence-electron chi connectivity index (χ2n) is 4.66. The molecule has 0 spiro atoms. The summed E-state index contributed by atoms with van der Waals surface area (Å²) in [5.74, 6) is -0.362. The first kappa shape index (κ1) is 13.8. The number of hydrogen-bond donors (Lipinski definition) is 0. The first-order valence-electron chi connectivity index (χ1n) is 6.02. The summed E-state index contributed by atoms with van der Waals surface area (Å²) in [6, 6.07) is 10.0. The normalized spacial score (nSPS) is 10.5. The van der Waals surface area contributed by atoms with E-state index in [2.05, 4.69) is 0 Å².